The van der Waals surface area contributed by atoms with E-state index in [2.05, 4.69) is 41.5 Å². The van der Waals surface area contributed by atoms with Crippen molar-refractivity contribution >= 4 is 15.8 Å². The largest absolute Gasteiger partial charge is 0.0988 e. The smallest absolute Gasteiger partial charge is 0.0204 e. The number of hydrogen-bond acceptors (Lipinski definition) is 0. The van der Waals surface area contributed by atoms with Crippen LogP contribution in [0.15, 0.2) is 0 Å². The Morgan fingerprint density at radius 3 is 0.828 bits per heavy atom. The molecule has 0 nitrogen and oxygen atoms in total. The highest BCUT2D eigenvalue weighted by atomic mass is 31.1. The van der Waals surface area contributed by atoms with Crippen LogP contribution in [0.4, 0.5) is 0 Å². The van der Waals surface area contributed by atoms with Crippen LogP contribution in [0.3, 0.4) is 0 Å². The van der Waals surface area contributed by atoms with Crippen LogP contribution in [0.2, 0.25) is 0 Å². The third-order valence-electron chi connectivity index (χ3n) is 7.78. The lowest BCUT2D eigenvalue weighted by atomic mass is 9.99. The molecule has 0 saturated heterocycles. The Balaban J connectivity index is 0.000000257. The minimum absolute atomic E-state index is 0.262. The number of rotatable bonds is 6. The standard InChI is InChI=1S/C18H33P.C9H21P/c1-4-10-16(11-5-1)19(17-12-6-2-7-13-17)18-14-8-3-9-15-18;1-7(2)10(8(3)4)9(5)6/h16-18H,1-15H2;7-9H,1-6H3. The molecule has 0 spiro atoms. The maximum atomic E-state index is 2.35. The minimum atomic E-state index is 0.262. The zero-order valence-corrected chi connectivity index (χ0v) is 22.8. The fraction of sp³-hybridized carbons (Fsp3) is 1.00. The van der Waals surface area contributed by atoms with E-state index in [0.29, 0.717) is 7.92 Å². The summed E-state index contributed by atoms with van der Waals surface area (Å²) < 4.78 is 0. The van der Waals surface area contributed by atoms with Gasteiger partial charge in [0.15, 0.2) is 0 Å². The Bertz CT molecular complexity index is 337. The highest BCUT2D eigenvalue weighted by molar-refractivity contribution is 7.60. The fourth-order valence-corrected chi connectivity index (χ4v) is 15.1. The molecule has 0 atom stereocenters. The molecule has 3 saturated carbocycles. The molecule has 0 N–H and O–H groups in total. The van der Waals surface area contributed by atoms with Gasteiger partial charge in [0.1, 0.15) is 0 Å². The van der Waals surface area contributed by atoms with Gasteiger partial charge in [0.05, 0.1) is 0 Å². The van der Waals surface area contributed by atoms with Crippen LogP contribution in [0, 0.1) is 0 Å². The van der Waals surface area contributed by atoms with E-state index in [0.717, 1.165) is 17.0 Å². The fourth-order valence-electron chi connectivity index (χ4n) is 6.82. The van der Waals surface area contributed by atoms with Crippen LogP contribution in [-0.2, 0) is 0 Å². The van der Waals surface area contributed by atoms with Crippen molar-refractivity contribution in [1.82, 2.24) is 0 Å². The summed E-state index contributed by atoms with van der Waals surface area (Å²) in [5, 5.41) is 0. The van der Waals surface area contributed by atoms with E-state index in [1.165, 1.54) is 36.2 Å². The van der Waals surface area contributed by atoms with Gasteiger partial charge in [0.2, 0.25) is 0 Å². The second kappa shape index (κ2) is 14.1. The molecule has 3 fully saturated rings. The summed E-state index contributed by atoms with van der Waals surface area (Å²) in [4.78, 5) is 0. The lowest BCUT2D eigenvalue weighted by Gasteiger charge is -2.44. The first-order valence-electron chi connectivity index (χ1n) is 13.5. The van der Waals surface area contributed by atoms with Crippen LogP contribution < -0.4 is 0 Å². The molecule has 3 aliphatic rings. The Morgan fingerprint density at radius 2 is 0.655 bits per heavy atom. The maximum Gasteiger partial charge on any atom is -0.0204 e. The van der Waals surface area contributed by atoms with Crippen molar-refractivity contribution < 1.29 is 0 Å². The van der Waals surface area contributed by atoms with Crippen molar-refractivity contribution in [2.24, 2.45) is 0 Å². The highest BCUT2D eigenvalue weighted by Gasteiger charge is 2.36. The zero-order chi connectivity index (χ0) is 21.2. The van der Waals surface area contributed by atoms with Crippen molar-refractivity contribution in [3.8, 4) is 0 Å². The summed E-state index contributed by atoms with van der Waals surface area (Å²) in [5.41, 5.74) is 6.26. The molecule has 3 rings (SSSR count). The molecule has 0 heterocycles. The Hall–Kier alpha value is 0.860. The van der Waals surface area contributed by atoms with Crippen LogP contribution in [0.5, 0.6) is 0 Å². The van der Waals surface area contributed by atoms with Crippen LogP contribution in [-0.4, -0.2) is 34.0 Å². The van der Waals surface area contributed by atoms with E-state index >= 15 is 0 Å². The average molecular weight is 441 g/mol. The molecule has 0 radical (unpaired) electrons. The van der Waals surface area contributed by atoms with E-state index in [4.69, 9.17) is 0 Å². The molecular formula is C27H54P2. The van der Waals surface area contributed by atoms with Crippen LogP contribution in [0.25, 0.3) is 0 Å². The topological polar surface area (TPSA) is 0 Å². The Morgan fingerprint density at radius 1 is 0.414 bits per heavy atom. The highest BCUT2D eigenvalue weighted by Crippen LogP contribution is 2.61. The molecule has 172 valence electrons. The molecular weight excluding hydrogens is 386 g/mol. The molecule has 0 amide bonds. The first kappa shape index (κ1) is 26.1. The molecule has 0 aliphatic heterocycles. The Labute approximate surface area is 187 Å². The molecule has 29 heavy (non-hydrogen) atoms. The molecule has 0 aromatic rings. The van der Waals surface area contributed by atoms with Crippen molar-refractivity contribution in [3.63, 3.8) is 0 Å². The molecule has 0 aromatic heterocycles. The third kappa shape index (κ3) is 8.72. The van der Waals surface area contributed by atoms with Gasteiger partial charge in [-0.25, -0.2) is 0 Å². The maximum absolute atomic E-state index is 2.35. The van der Waals surface area contributed by atoms with Crippen LogP contribution >= 0.6 is 15.8 Å². The summed E-state index contributed by atoms with van der Waals surface area (Å²) in [5.74, 6) is 0. The van der Waals surface area contributed by atoms with Crippen molar-refractivity contribution in [1.29, 1.82) is 0 Å². The third-order valence-corrected chi connectivity index (χ3v) is 15.4. The SMILES string of the molecule is C1CCC(P(C2CCCCC2)C2CCCCC2)CC1.CC(C)P(C(C)C)C(C)C. The van der Waals surface area contributed by atoms with Crippen LogP contribution in [0.1, 0.15) is 138 Å². The molecule has 0 bridgehead atoms. The molecule has 3 aliphatic carbocycles. The van der Waals surface area contributed by atoms with Crippen molar-refractivity contribution in [2.45, 2.75) is 172 Å². The molecule has 0 aromatic carbocycles. The van der Waals surface area contributed by atoms with E-state index < -0.39 is 0 Å². The lowest BCUT2D eigenvalue weighted by molar-refractivity contribution is 0.460. The quantitative estimate of drug-likeness (QED) is 0.360. The summed E-state index contributed by atoms with van der Waals surface area (Å²) in [7, 11) is 0.647. The first-order valence-corrected chi connectivity index (χ1v) is 16.6. The van der Waals surface area contributed by atoms with Gasteiger partial charge in [-0.05, 0) is 72.5 Å². The predicted octanol–water partition coefficient (Wildman–Crippen LogP) is 10.2. The first-order chi connectivity index (χ1) is 13.9. The predicted molar refractivity (Wildman–Crippen MR) is 140 cm³/mol. The lowest BCUT2D eigenvalue weighted by Crippen LogP contribution is -2.28. The summed E-state index contributed by atoms with van der Waals surface area (Å²) in [6, 6.07) is 0. The summed E-state index contributed by atoms with van der Waals surface area (Å²) in [6.07, 6.45) is 23.6. The van der Waals surface area contributed by atoms with Gasteiger partial charge < -0.3 is 0 Å². The zero-order valence-electron chi connectivity index (χ0n) is 21.0. The van der Waals surface area contributed by atoms with Gasteiger partial charge in [-0.1, -0.05) is 115 Å². The second-order valence-electron chi connectivity index (χ2n) is 11.1. The van der Waals surface area contributed by atoms with Gasteiger partial charge in [-0.15, -0.1) is 0 Å². The monoisotopic (exact) mass is 440 g/mol. The second-order valence-corrected chi connectivity index (χ2v) is 18.1. The normalized spacial score (nSPS) is 23.3. The minimum Gasteiger partial charge on any atom is -0.0988 e. The Kier molecular flexibility index (Phi) is 12.7. The van der Waals surface area contributed by atoms with Gasteiger partial charge in [0.25, 0.3) is 0 Å². The van der Waals surface area contributed by atoms with E-state index in [1.807, 2.05) is 0 Å². The average Bonchev–Trinajstić information content (AvgIpc) is 2.70. The van der Waals surface area contributed by atoms with Gasteiger partial charge in [-0.3, -0.25) is 0 Å². The van der Waals surface area contributed by atoms with Crippen molar-refractivity contribution in [2.75, 3.05) is 0 Å². The molecule has 0 unspecified atom stereocenters. The molecule has 2 heteroatoms. The van der Waals surface area contributed by atoms with E-state index in [9.17, 15) is 0 Å². The van der Waals surface area contributed by atoms with E-state index in [1.54, 1.807) is 77.0 Å². The number of hydrogen-bond donors (Lipinski definition) is 0. The van der Waals surface area contributed by atoms with E-state index in [-0.39, 0.29) is 7.92 Å². The van der Waals surface area contributed by atoms with Gasteiger partial charge in [0, 0.05) is 0 Å². The summed E-state index contributed by atoms with van der Waals surface area (Å²) in [6.45, 7) is 14.1. The van der Waals surface area contributed by atoms with Gasteiger partial charge in [-0.2, -0.15) is 0 Å². The summed E-state index contributed by atoms with van der Waals surface area (Å²) >= 11 is 0. The van der Waals surface area contributed by atoms with Crippen molar-refractivity contribution in [3.05, 3.63) is 0 Å². The van der Waals surface area contributed by atoms with Gasteiger partial charge >= 0.3 is 0 Å².